The van der Waals surface area contributed by atoms with E-state index >= 15 is 0 Å². The zero-order valence-electron chi connectivity index (χ0n) is 18.8. The highest BCUT2D eigenvalue weighted by Crippen LogP contribution is 2.44. The topological polar surface area (TPSA) is 110 Å². The Bertz CT molecular complexity index is 1590. The number of carbonyl (C=O) groups is 2. The Labute approximate surface area is 211 Å². The number of fused-ring (bicyclic) bond motifs is 2. The second-order valence-corrected chi connectivity index (χ2v) is 8.00. The Balaban J connectivity index is 0.00000280. The van der Waals surface area contributed by atoms with Crippen LogP contribution in [-0.2, 0) is 0 Å². The van der Waals surface area contributed by atoms with Crippen LogP contribution in [0.25, 0.3) is 33.2 Å². The van der Waals surface area contributed by atoms with Crippen molar-refractivity contribution in [2.24, 2.45) is 0 Å². The highest BCUT2D eigenvalue weighted by atomic mass is 16.5. The lowest BCUT2D eigenvalue weighted by molar-refractivity contribution is 0.0725. The van der Waals surface area contributed by atoms with Crippen LogP contribution in [-0.4, -0.2) is 31.9 Å². The summed E-state index contributed by atoms with van der Waals surface area (Å²) >= 11 is 0. The molecule has 0 spiro atoms. The van der Waals surface area contributed by atoms with E-state index in [-0.39, 0.29) is 7.43 Å². The average molecular weight is 491 g/mol. The first-order valence-corrected chi connectivity index (χ1v) is 11.2. The van der Waals surface area contributed by atoms with Crippen LogP contribution in [0.15, 0.2) is 97.6 Å². The van der Waals surface area contributed by atoms with E-state index in [1.165, 1.54) is 24.8 Å². The third-order valence-electron chi connectivity index (χ3n) is 5.79. The molecule has 0 unspecified atom stereocenters. The second-order valence-electron chi connectivity index (χ2n) is 8.00. The molecule has 0 aliphatic heterocycles. The standard InChI is InChI=1S/C28H18N4O4.CH4/c33-27(17-9-13-29-14-10-17)35-25-19-5-1-3-7-21(19)31-23(25)24-26(20-6-2-4-8-22(20)32-24)36-28(34)18-11-15-30-16-12-18;/h1-16,31-32H;1H4. The van der Waals surface area contributed by atoms with Gasteiger partial charge >= 0.3 is 11.9 Å². The minimum absolute atomic E-state index is 0. The number of pyridine rings is 2. The Morgan fingerprint density at radius 3 is 1.35 bits per heavy atom. The molecule has 6 rings (SSSR count). The van der Waals surface area contributed by atoms with E-state index in [2.05, 4.69) is 19.9 Å². The Hall–Kier alpha value is -5.24. The Kier molecular flexibility index (Phi) is 6.22. The van der Waals surface area contributed by atoms with Crippen molar-refractivity contribution in [2.75, 3.05) is 0 Å². The van der Waals surface area contributed by atoms with E-state index in [0.717, 1.165) is 11.0 Å². The number of carbonyl (C=O) groups excluding carboxylic acids is 2. The highest BCUT2D eigenvalue weighted by Gasteiger charge is 2.25. The van der Waals surface area contributed by atoms with Crippen LogP contribution in [0.5, 0.6) is 11.5 Å². The van der Waals surface area contributed by atoms with Gasteiger partial charge in [-0.05, 0) is 48.5 Å². The van der Waals surface area contributed by atoms with E-state index in [1.807, 2.05) is 48.5 Å². The molecule has 4 aromatic heterocycles. The summed E-state index contributed by atoms with van der Waals surface area (Å²) < 4.78 is 11.8. The molecular weight excluding hydrogens is 468 g/mol. The molecule has 0 fully saturated rings. The van der Waals surface area contributed by atoms with Gasteiger partial charge in [-0.1, -0.05) is 31.7 Å². The molecular formula is C29H22N4O4. The van der Waals surface area contributed by atoms with E-state index in [0.29, 0.717) is 44.8 Å². The van der Waals surface area contributed by atoms with Gasteiger partial charge in [0.1, 0.15) is 11.4 Å². The van der Waals surface area contributed by atoms with Gasteiger partial charge in [-0.3, -0.25) is 9.97 Å². The van der Waals surface area contributed by atoms with Crippen LogP contribution >= 0.6 is 0 Å². The van der Waals surface area contributed by atoms with Gasteiger partial charge in [-0.2, -0.15) is 0 Å². The molecule has 4 heterocycles. The molecule has 0 atom stereocenters. The van der Waals surface area contributed by atoms with Crippen LogP contribution in [0.1, 0.15) is 28.1 Å². The van der Waals surface area contributed by atoms with Gasteiger partial charge in [0, 0.05) is 46.6 Å². The number of rotatable bonds is 5. The molecule has 0 amide bonds. The van der Waals surface area contributed by atoms with Crippen LogP contribution in [0.3, 0.4) is 0 Å². The zero-order chi connectivity index (χ0) is 24.5. The number of hydrogen-bond donors (Lipinski definition) is 2. The second kappa shape index (κ2) is 9.79. The minimum atomic E-state index is -0.533. The smallest absolute Gasteiger partial charge is 0.343 e. The third-order valence-corrected chi connectivity index (χ3v) is 5.79. The number of nitrogens with one attached hydrogen (secondary N) is 2. The summed E-state index contributed by atoms with van der Waals surface area (Å²) in [6.45, 7) is 0. The molecule has 0 saturated heterocycles. The maximum absolute atomic E-state index is 13.0. The van der Waals surface area contributed by atoms with Gasteiger partial charge < -0.3 is 19.4 Å². The maximum Gasteiger partial charge on any atom is 0.343 e. The fraction of sp³-hybridized carbons (Fsp3) is 0.0345. The van der Waals surface area contributed by atoms with Crippen LogP contribution in [0, 0.1) is 0 Å². The van der Waals surface area contributed by atoms with Crippen molar-refractivity contribution in [3.8, 4) is 22.9 Å². The van der Waals surface area contributed by atoms with E-state index in [1.54, 1.807) is 24.3 Å². The number of esters is 2. The number of ether oxygens (including phenoxy) is 2. The van der Waals surface area contributed by atoms with Crippen molar-refractivity contribution < 1.29 is 19.1 Å². The monoisotopic (exact) mass is 490 g/mol. The molecule has 37 heavy (non-hydrogen) atoms. The molecule has 0 saturated carbocycles. The van der Waals surface area contributed by atoms with Crippen LogP contribution in [0.4, 0.5) is 0 Å². The molecule has 8 nitrogen and oxygen atoms in total. The van der Waals surface area contributed by atoms with Gasteiger partial charge in [0.05, 0.1) is 11.1 Å². The van der Waals surface area contributed by atoms with Crippen molar-refractivity contribution in [1.82, 2.24) is 19.9 Å². The predicted molar refractivity (Wildman–Crippen MR) is 141 cm³/mol. The normalized spacial score (nSPS) is 10.7. The van der Waals surface area contributed by atoms with Crippen molar-refractivity contribution in [2.45, 2.75) is 7.43 Å². The average Bonchev–Trinajstić information content (AvgIpc) is 3.48. The molecule has 0 aliphatic carbocycles. The maximum atomic E-state index is 13.0. The summed E-state index contributed by atoms with van der Waals surface area (Å²) in [4.78, 5) is 40.6. The first-order valence-electron chi connectivity index (χ1n) is 11.2. The van der Waals surface area contributed by atoms with Crippen molar-refractivity contribution in [3.05, 3.63) is 109 Å². The minimum Gasteiger partial charge on any atom is -0.420 e. The lowest BCUT2D eigenvalue weighted by Crippen LogP contribution is -2.10. The number of nitrogens with zero attached hydrogens (tertiary/aromatic N) is 2. The summed E-state index contributed by atoms with van der Waals surface area (Å²) in [5.74, 6) is -0.426. The quantitative estimate of drug-likeness (QED) is 0.279. The van der Waals surface area contributed by atoms with E-state index in [4.69, 9.17) is 9.47 Å². The van der Waals surface area contributed by atoms with Gasteiger partial charge in [0.15, 0.2) is 11.5 Å². The fourth-order valence-electron chi connectivity index (χ4n) is 4.08. The number of aromatic nitrogens is 4. The summed E-state index contributed by atoms with van der Waals surface area (Å²) in [6.07, 6.45) is 6.12. The lowest BCUT2D eigenvalue weighted by Gasteiger charge is -2.09. The van der Waals surface area contributed by atoms with E-state index in [9.17, 15) is 9.59 Å². The number of H-pyrrole nitrogens is 2. The third kappa shape index (κ3) is 4.32. The van der Waals surface area contributed by atoms with Gasteiger partial charge in [-0.25, -0.2) is 9.59 Å². The molecule has 0 aliphatic rings. The van der Waals surface area contributed by atoms with E-state index < -0.39 is 11.9 Å². The number of aromatic amines is 2. The van der Waals surface area contributed by atoms with Crippen molar-refractivity contribution in [1.29, 1.82) is 0 Å². The highest BCUT2D eigenvalue weighted by molar-refractivity contribution is 6.04. The number of hydrogen-bond acceptors (Lipinski definition) is 6. The summed E-state index contributed by atoms with van der Waals surface area (Å²) in [5, 5.41) is 1.42. The number of benzene rings is 2. The molecule has 0 bridgehead atoms. The van der Waals surface area contributed by atoms with Gasteiger partial charge in [-0.15, -0.1) is 0 Å². The Morgan fingerprint density at radius 2 is 0.946 bits per heavy atom. The molecule has 8 heteroatoms. The lowest BCUT2D eigenvalue weighted by atomic mass is 10.2. The zero-order valence-corrected chi connectivity index (χ0v) is 18.8. The summed E-state index contributed by atoms with van der Waals surface area (Å²) in [7, 11) is 0. The van der Waals surface area contributed by atoms with Crippen LogP contribution in [0.2, 0.25) is 0 Å². The Morgan fingerprint density at radius 1 is 0.568 bits per heavy atom. The van der Waals surface area contributed by atoms with Crippen molar-refractivity contribution >= 4 is 33.7 Å². The largest absolute Gasteiger partial charge is 0.420 e. The summed E-state index contributed by atoms with van der Waals surface area (Å²) in [6, 6.07) is 21.3. The van der Waals surface area contributed by atoms with Gasteiger partial charge in [0.25, 0.3) is 0 Å². The predicted octanol–water partition coefficient (Wildman–Crippen LogP) is 6.18. The fourth-order valence-corrected chi connectivity index (χ4v) is 4.08. The molecule has 2 N–H and O–H groups in total. The molecule has 2 aromatic carbocycles. The molecule has 0 radical (unpaired) electrons. The van der Waals surface area contributed by atoms with Crippen molar-refractivity contribution in [3.63, 3.8) is 0 Å². The summed E-state index contributed by atoms with van der Waals surface area (Å²) in [5.41, 5.74) is 3.20. The molecule has 182 valence electrons. The first kappa shape index (κ1) is 23.5. The SMILES string of the molecule is C.O=C(Oc1c(-c2[nH]c3ccccc3c2OC(=O)c2ccncc2)[nH]c2ccccc12)c1ccncc1. The van der Waals surface area contributed by atoms with Crippen LogP contribution < -0.4 is 9.47 Å². The van der Waals surface area contributed by atoms with Gasteiger partial charge in [0.2, 0.25) is 0 Å². The molecule has 6 aromatic rings. The number of para-hydroxylation sites is 2. The first-order chi connectivity index (χ1) is 17.7.